The van der Waals surface area contributed by atoms with Crippen LogP contribution in [-0.4, -0.2) is 26.4 Å². The van der Waals surface area contributed by atoms with Gasteiger partial charge in [-0.1, -0.05) is 42.5 Å². The molecule has 0 aliphatic heterocycles. The molecule has 2 N–H and O–H groups in total. The van der Waals surface area contributed by atoms with E-state index in [2.05, 4.69) is 10.6 Å². The Morgan fingerprint density at radius 3 is 2.30 bits per heavy atom. The van der Waals surface area contributed by atoms with Crippen molar-refractivity contribution in [2.24, 2.45) is 0 Å². The number of carbonyl (C=O) groups is 2. The molecule has 0 fully saturated rings. The predicted octanol–water partition coefficient (Wildman–Crippen LogP) is 4.45. The van der Waals surface area contributed by atoms with Crippen molar-refractivity contribution in [3.63, 3.8) is 0 Å². The van der Waals surface area contributed by atoms with Gasteiger partial charge >= 0.3 is 0 Å². The Bertz CT molecular complexity index is 1070. The van der Waals surface area contributed by atoms with Gasteiger partial charge in [0.05, 0.1) is 0 Å². The van der Waals surface area contributed by atoms with Gasteiger partial charge in [-0.25, -0.2) is 0 Å². The van der Waals surface area contributed by atoms with Gasteiger partial charge in [-0.2, -0.15) is 0 Å². The van der Waals surface area contributed by atoms with Crippen LogP contribution in [0.15, 0.2) is 79.0 Å². The van der Waals surface area contributed by atoms with E-state index in [1.807, 2.05) is 92.6 Å². The summed E-state index contributed by atoms with van der Waals surface area (Å²) in [5, 5.41) is 5.58. The first kappa shape index (κ1) is 20.9. The highest BCUT2D eigenvalue weighted by molar-refractivity contribution is 6.05. The Morgan fingerprint density at radius 2 is 1.63 bits per heavy atom. The van der Waals surface area contributed by atoms with E-state index in [0.717, 1.165) is 28.0 Å². The van der Waals surface area contributed by atoms with Crippen LogP contribution < -0.4 is 15.5 Å². The number of carbonyl (C=O) groups excluding carboxylic acids is 2. The summed E-state index contributed by atoms with van der Waals surface area (Å²) in [5.74, 6) is -0.163. The Labute approximate surface area is 177 Å². The van der Waals surface area contributed by atoms with Gasteiger partial charge in [0.25, 0.3) is 5.91 Å². The van der Waals surface area contributed by atoms with Crippen LogP contribution in [0.4, 0.5) is 11.4 Å². The molecule has 0 spiro atoms. The molecule has 0 radical (unpaired) electrons. The fraction of sp³-hybridized carbons (Fsp3) is 0.120. The minimum atomic E-state index is -0.163. The highest BCUT2D eigenvalue weighted by atomic mass is 16.1. The third kappa shape index (κ3) is 4.94. The number of nitrogens with one attached hydrogen (secondary N) is 2. The van der Waals surface area contributed by atoms with Gasteiger partial charge in [0.1, 0.15) is 0 Å². The number of amides is 2. The van der Waals surface area contributed by atoms with E-state index >= 15 is 0 Å². The quantitative estimate of drug-likeness (QED) is 0.577. The molecule has 0 aliphatic carbocycles. The topological polar surface area (TPSA) is 61.4 Å². The number of hydrogen-bond acceptors (Lipinski definition) is 3. The minimum absolute atomic E-state index is 0.163. The SMILES string of the molecule is Cc1ccccc1/C(=C\NC=O)c1ccc(NC(=O)c2cccc(N(C)C)c2)cc1. The smallest absolute Gasteiger partial charge is 0.255 e. The lowest BCUT2D eigenvalue weighted by Crippen LogP contribution is -2.14. The number of benzene rings is 3. The molecule has 152 valence electrons. The average Bonchev–Trinajstić information content (AvgIpc) is 2.76. The molecule has 5 nitrogen and oxygen atoms in total. The summed E-state index contributed by atoms with van der Waals surface area (Å²) in [6.45, 7) is 2.03. The second-order valence-electron chi connectivity index (χ2n) is 7.13. The Morgan fingerprint density at radius 1 is 0.900 bits per heavy atom. The third-order valence-electron chi connectivity index (χ3n) is 4.81. The van der Waals surface area contributed by atoms with Crippen LogP contribution in [0.25, 0.3) is 5.57 Å². The first-order valence-electron chi connectivity index (χ1n) is 9.64. The van der Waals surface area contributed by atoms with E-state index in [1.165, 1.54) is 0 Å². The van der Waals surface area contributed by atoms with Crippen LogP contribution in [0.5, 0.6) is 0 Å². The van der Waals surface area contributed by atoms with Crippen LogP contribution in [0.1, 0.15) is 27.0 Å². The summed E-state index contributed by atoms with van der Waals surface area (Å²) in [5.41, 5.74) is 6.24. The predicted molar refractivity (Wildman–Crippen MR) is 123 cm³/mol. The largest absolute Gasteiger partial charge is 0.378 e. The van der Waals surface area contributed by atoms with Crippen LogP contribution in [0, 0.1) is 6.92 Å². The van der Waals surface area contributed by atoms with E-state index in [9.17, 15) is 9.59 Å². The number of hydrogen-bond donors (Lipinski definition) is 2. The normalized spacial score (nSPS) is 11.0. The van der Waals surface area contributed by atoms with Gasteiger partial charge in [-0.05, 0) is 53.9 Å². The number of anilines is 2. The van der Waals surface area contributed by atoms with Crippen LogP contribution in [0.2, 0.25) is 0 Å². The molecule has 3 aromatic rings. The summed E-state index contributed by atoms with van der Waals surface area (Å²) in [6, 6.07) is 23.0. The summed E-state index contributed by atoms with van der Waals surface area (Å²) in [7, 11) is 3.88. The van der Waals surface area contributed by atoms with E-state index < -0.39 is 0 Å². The zero-order chi connectivity index (χ0) is 21.5. The number of aryl methyl sites for hydroxylation is 1. The number of nitrogens with zero attached hydrogens (tertiary/aromatic N) is 1. The molecule has 0 saturated heterocycles. The third-order valence-corrected chi connectivity index (χ3v) is 4.81. The van der Waals surface area contributed by atoms with Gasteiger partial charge < -0.3 is 15.5 Å². The molecule has 3 rings (SSSR count). The molecular weight excluding hydrogens is 374 g/mol. The molecule has 0 saturated carbocycles. The van der Waals surface area contributed by atoms with Crippen molar-refractivity contribution in [3.05, 3.63) is 101 Å². The van der Waals surface area contributed by atoms with Gasteiger partial charge in [0.2, 0.25) is 6.41 Å². The minimum Gasteiger partial charge on any atom is -0.378 e. The summed E-state index contributed by atoms with van der Waals surface area (Å²) >= 11 is 0. The molecule has 30 heavy (non-hydrogen) atoms. The molecule has 2 amide bonds. The van der Waals surface area contributed by atoms with E-state index in [1.54, 1.807) is 12.3 Å². The highest BCUT2D eigenvalue weighted by Gasteiger charge is 2.10. The van der Waals surface area contributed by atoms with Crippen molar-refractivity contribution in [3.8, 4) is 0 Å². The maximum Gasteiger partial charge on any atom is 0.255 e. The average molecular weight is 399 g/mol. The van der Waals surface area contributed by atoms with Gasteiger partial charge in [0.15, 0.2) is 0 Å². The van der Waals surface area contributed by atoms with Crippen LogP contribution >= 0.6 is 0 Å². The standard InChI is InChI=1S/C25H25N3O2/c1-18-7-4-5-10-23(18)24(16-26-17-29)19-11-13-21(14-12-19)27-25(30)20-8-6-9-22(15-20)28(2)3/h4-17H,1-3H3,(H,26,29)(H,27,30)/b24-16-. The molecular formula is C25H25N3O2. The lowest BCUT2D eigenvalue weighted by Gasteiger charge is -2.14. The summed E-state index contributed by atoms with van der Waals surface area (Å²) in [4.78, 5) is 25.4. The molecule has 0 unspecified atom stereocenters. The highest BCUT2D eigenvalue weighted by Crippen LogP contribution is 2.27. The molecule has 5 heteroatoms. The second kappa shape index (κ2) is 9.56. The van der Waals surface area contributed by atoms with Crippen LogP contribution in [-0.2, 0) is 4.79 Å². The monoisotopic (exact) mass is 399 g/mol. The molecule has 0 atom stereocenters. The van der Waals surface area contributed by atoms with Crippen molar-refractivity contribution >= 4 is 29.3 Å². The molecule has 3 aromatic carbocycles. The molecule has 0 aliphatic rings. The van der Waals surface area contributed by atoms with Gasteiger partial charge in [0, 0.05) is 42.8 Å². The Balaban J connectivity index is 1.82. The molecule has 0 aromatic heterocycles. The molecule has 0 heterocycles. The van der Waals surface area contributed by atoms with Gasteiger partial charge in [-0.3, -0.25) is 9.59 Å². The van der Waals surface area contributed by atoms with Crippen molar-refractivity contribution in [1.82, 2.24) is 5.32 Å². The van der Waals surface area contributed by atoms with E-state index in [0.29, 0.717) is 17.7 Å². The van der Waals surface area contributed by atoms with Crippen molar-refractivity contribution in [2.75, 3.05) is 24.3 Å². The fourth-order valence-corrected chi connectivity index (χ4v) is 3.17. The molecule has 0 bridgehead atoms. The maximum atomic E-state index is 12.6. The number of rotatable bonds is 7. The second-order valence-corrected chi connectivity index (χ2v) is 7.13. The Hall–Kier alpha value is -3.86. The van der Waals surface area contributed by atoms with Crippen molar-refractivity contribution in [1.29, 1.82) is 0 Å². The van der Waals surface area contributed by atoms with E-state index in [4.69, 9.17) is 0 Å². The van der Waals surface area contributed by atoms with Crippen molar-refractivity contribution < 1.29 is 9.59 Å². The van der Waals surface area contributed by atoms with Crippen LogP contribution in [0.3, 0.4) is 0 Å². The summed E-state index contributed by atoms with van der Waals surface area (Å²) < 4.78 is 0. The Kier molecular flexibility index (Phi) is 6.65. The zero-order valence-corrected chi connectivity index (χ0v) is 17.3. The first-order valence-corrected chi connectivity index (χ1v) is 9.64. The lowest BCUT2D eigenvalue weighted by atomic mass is 9.95. The van der Waals surface area contributed by atoms with Crippen molar-refractivity contribution in [2.45, 2.75) is 6.92 Å². The zero-order valence-electron chi connectivity index (χ0n) is 17.3. The summed E-state index contributed by atoms with van der Waals surface area (Å²) in [6.07, 6.45) is 2.34. The van der Waals surface area contributed by atoms with E-state index in [-0.39, 0.29) is 5.91 Å². The lowest BCUT2D eigenvalue weighted by molar-refractivity contribution is -0.108. The first-order chi connectivity index (χ1) is 14.5. The fourth-order valence-electron chi connectivity index (χ4n) is 3.17. The maximum absolute atomic E-state index is 12.6. The van der Waals surface area contributed by atoms with Gasteiger partial charge in [-0.15, -0.1) is 0 Å².